The Hall–Kier alpha value is -2.17. The van der Waals surface area contributed by atoms with Crippen molar-refractivity contribution in [3.05, 3.63) is 41.9 Å². The molecule has 1 aliphatic carbocycles. The summed E-state index contributed by atoms with van der Waals surface area (Å²) in [5.74, 6) is 0.0804. The SMILES string of the molecule is CN1C(=O)CCC2(CNC(=O)c3ccncc3)CCC=C12. The van der Waals surface area contributed by atoms with Crippen LogP contribution in [-0.2, 0) is 4.79 Å². The van der Waals surface area contributed by atoms with E-state index in [0.29, 0.717) is 18.5 Å². The van der Waals surface area contributed by atoms with Crippen LogP contribution in [0.3, 0.4) is 0 Å². The van der Waals surface area contributed by atoms with Crippen LogP contribution in [0.15, 0.2) is 36.3 Å². The maximum absolute atomic E-state index is 12.2. The molecule has 2 amide bonds. The molecule has 1 aromatic rings. The molecule has 3 rings (SSSR count). The molecule has 21 heavy (non-hydrogen) atoms. The Morgan fingerprint density at radius 3 is 2.90 bits per heavy atom. The van der Waals surface area contributed by atoms with Gasteiger partial charge in [0.25, 0.3) is 5.91 Å². The molecule has 1 aliphatic heterocycles. The summed E-state index contributed by atoms with van der Waals surface area (Å²) in [5, 5.41) is 3.02. The van der Waals surface area contributed by atoms with Crippen molar-refractivity contribution in [2.45, 2.75) is 25.7 Å². The molecule has 0 bridgehead atoms. The minimum Gasteiger partial charge on any atom is -0.351 e. The van der Waals surface area contributed by atoms with E-state index in [2.05, 4.69) is 16.4 Å². The number of likely N-dealkylation sites (tertiary alicyclic amines) is 1. The van der Waals surface area contributed by atoms with E-state index >= 15 is 0 Å². The highest BCUT2D eigenvalue weighted by Gasteiger charge is 2.44. The molecule has 5 nitrogen and oxygen atoms in total. The Labute approximate surface area is 124 Å². The first-order valence-electron chi connectivity index (χ1n) is 7.28. The van der Waals surface area contributed by atoms with Crippen LogP contribution in [-0.4, -0.2) is 35.3 Å². The highest BCUT2D eigenvalue weighted by Crippen LogP contribution is 2.46. The maximum atomic E-state index is 12.2. The third kappa shape index (κ3) is 2.44. The minimum atomic E-state index is -0.0856. The molecule has 1 aromatic heterocycles. The number of rotatable bonds is 3. The largest absolute Gasteiger partial charge is 0.351 e. The number of pyridine rings is 1. The van der Waals surface area contributed by atoms with Crippen molar-refractivity contribution in [2.75, 3.05) is 13.6 Å². The van der Waals surface area contributed by atoms with Crippen LogP contribution in [0.5, 0.6) is 0 Å². The van der Waals surface area contributed by atoms with E-state index in [9.17, 15) is 9.59 Å². The van der Waals surface area contributed by atoms with Gasteiger partial charge in [0.1, 0.15) is 0 Å². The number of amides is 2. The van der Waals surface area contributed by atoms with Crippen LogP contribution in [0.1, 0.15) is 36.0 Å². The van der Waals surface area contributed by atoms with E-state index in [-0.39, 0.29) is 17.2 Å². The normalized spacial score (nSPS) is 24.5. The van der Waals surface area contributed by atoms with Gasteiger partial charge in [0.05, 0.1) is 0 Å². The van der Waals surface area contributed by atoms with Gasteiger partial charge in [0, 0.05) is 49.1 Å². The lowest BCUT2D eigenvalue weighted by Gasteiger charge is -2.41. The number of allylic oxidation sites excluding steroid dienone is 1. The van der Waals surface area contributed by atoms with Crippen molar-refractivity contribution >= 4 is 11.8 Å². The molecule has 5 heteroatoms. The van der Waals surface area contributed by atoms with E-state index in [0.717, 1.165) is 25.0 Å². The molecular formula is C16H19N3O2. The molecule has 1 N–H and O–H groups in total. The van der Waals surface area contributed by atoms with E-state index in [1.165, 1.54) is 0 Å². The summed E-state index contributed by atoms with van der Waals surface area (Å²) in [6.07, 6.45) is 8.70. The van der Waals surface area contributed by atoms with Crippen LogP contribution in [0.2, 0.25) is 0 Å². The number of fused-ring (bicyclic) bond motifs is 1. The Morgan fingerprint density at radius 1 is 1.38 bits per heavy atom. The molecule has 110 valence electrons. The summed E-state index contributed by atoms with van der Waals surface area (Å²) in [7, 11) is 1.83. The van der Waals surface area contributed by atoms with Gasteiger partial charge in [-0.1, -0.05) is 6.08 Å². The van der Waals surface area contributed by atoms with Crippen molar-refractivity contribution in [1.82, 2.24) is 15.2 Å². The van der Waals surface area contributed by atoms with Crippen molar-refractivity contribution < 1.29 is 9.59 Å². The van der Waals surface area contributed by atoms with Crippen molar-refractivity contribution in [3.63, 3.8) is 0 Å². The van der Waals surface area contributed by atoms with Crippen molar-refractivity contribution in [1.29, 1.82) is 0 Å². The first-order valence-corrected chi connectivity index (χ1v) is 7.28. The molecule has 2 heterocycles. The van der Waals surface area contributed by atoms with Crippen LogP contribution >= 0.6 is 0 Å². The number of nitrogens with one attached hydrogen (secondary N) is 1. The zero-order valence-corrected chi connectivity index (χ0v) is 12.1. The number of aromatic nitrogens is 1. The first kappa shape index (κ1) is 13.8. The van der Waals surface area contributed by atoms with Crippen LogP contribution in [0, 0.1) is 5.41 Å². The Bertz CT molecular complexity index is 597. The van der Waals surface area contributed by atoms with Gasteiger partial charge in [-0.3, -0.25) is 14.6 Å². The minimum absolute atomic E-state index is 0.0780. The summed E-state index contributed by atoms with van der Waals surface area (Å²) in [5.41, 5.74) is 1.62. The topological polar surface area (TPSA) is 62.3 Å². The summed E-state index contributed by atoms with van der Waals surface area (Å²) in [6.45, 7) is 0.581. The van der Waals surface area contributed by atoms with Crippen LogP contribution in [0.25, 0.3) is 0 Å². The quantitative estimate of drug-likeness (QED) is 0.920. The lowest BCUT2D eigenvalue weighted by Crippen LogP contribution is -2.46. The van der Waals surface area contributed by atoms with Gasteiger partial charge in [0.15, 0.2) is 0 Å². The van der Waals surface area contributed by atoms with Gasteiger partial charge >= 0.3 is 0 Å². The Morgan fingerprint density at radius 2 is 2.14 bits per heavy atom. The highest BCUT2D eigenvalue weighted by molar-refractivity contribution is 5.94. The lowest BCUT2D eigenvalue weighted by molar-refractivity contribution is -0.131. The Kier molecular flexibility index (Phi) is 3.49. The van der Waals surface area contributed by atoms with Crippen molar-refractivity contribution in [3.8, 4) is 0 Å². The fraction of sp³-hybridized carbons (Fsp3) is 0.438. The second kappa shape index (κ2) is 5.31. The zero-order valence-electron chi connectivity index (χ0n) is 12.1. The molecule has 1 unspecified atom stereocenters. The fourth-order valence-corrected chi connectivity index (χ4v) is 3.35. The second-order valence-corrected chi connectivity index (χ2v) is 5.78. The molecule has 1 saturated heterocycles. The molecule has 2 aliphatic rings. The van der Waals surface area contributed by atoms with E-state index in [4.69, 9.17) is 0 Å². The zero-order chi connectivity index (χ0) is 14.9. The molecule has 1 fully saturated rings. The third-order valence-electron chi connectivity index (χ3n) is 4.59. The van der Waals surface area contributed by atoms with Gasteiger partial charge in [0.2, 0.25) is 5.91 Å². The summed E-state index contributed by atoms with van der Waals surface area (Å²) >= 11 is 0. The molecular weight excluding hydrogens is 266 g/mol. The Balaban J connectivity index is 1.71. The molecule has 0 aromatic carbocycles. The number of piperidine rings is 1. The van der Waals surface area contributed by atoms with E-state index in [1.54, 1.807) is 29.4 Å². The van der Waals surface area contributed by atoms with E-state index in [1.807, 2.05) is 7.05 Å². The highest BCUT2D eigenvalue weighted by atomic mass is 16.2. The molecule has 0 radical (unpaired) electrons. The standard InChI is InChI=1S/C16H19N3O2/c1-19-13-3-2-7-16(13,8-4-14(19)20)11-18-15(21)12-5-9-17-10-6-12/h3,5-6,9-10H,2,4,7-8,11H2,1H3,(H,18,21). The molecule has 0 saturated carbocycles. The average molecular weight is 285 g/mol. The van der Waals surface area contributed by atoms with Gasteiger partial charge in [-0.15, -0.1) is 0 Å². The summed E-state index contributed by atoms with van der Waals surface area (Å²) in [6, 6.07) is 3.41. The predicted octanol–water partition coefficient (Wildman–Crippen LogP) is 1.73. The summed E-state index contributed by atoms with van der Waals surface area (Å²) in [4.78, 5) is 29.7. The van der Waals surface area contributed by atoms with Crippen LogP contribution < -0.4 is 5.32 Å². The second-order valence-electron chi connectivity index (χ2n) is 5.78. The smallest absolute Gasteiger partial charge is 0.251 e. The summed E-state index contributed by atoms with van der Waals surface area (Å²) < 4.78 is 0. The number of carbonyl (C=O) groups excluding carboxylic acids is 2. The fourth-order valence-electron chi connectivity index (χ4n) is 3.35. The number of hydrogen-bond donors (Lipinski definition) is 1. The number of carbonyl (C=O) groups is 2. The predicted molar refractivity (Wildman–Crippen MR) is 78.3 cm³/mol. The number of hydrogen-bond acceptors (Lipinski definition) is 3. The van der Waals surface area contributed by atoms with Gasteiger partial charge in [-0.25, -0.2) is 0 Å². The van der Waals surface area contributed by atoms with Gasteiger partial charge in [-0.2, -0.15) is 0 Å². The van der Waals surface area contributed by atoms with E-state index < -0.39 is 0 Å². The monoisotopic (exact) mass is 285 g/mol. The maximum Gasteiger partial charge on any atom is 0.251 e. The van der Waals surface area contributed by atoms with Gasteiger partial charge < -0.3 is 10.2 Å². The van der Waals surface area contributed by atoms with Gasteiger partial charge in [-0.05, 0) is 31.4 Å². The average Bonchev–Trinajstić information content (AvgIpc) is 2.95. The van der Waals surface area contributed by atoms with Crippen molar-refractivity contribution in [2.24, 2.45) is 5.41 Å². The first-order chi connectivity index (χ1) is 10.1. The molecule has 1 atom stereocenters. The lowest BCUT2D eigenvalue weighted by atomic mass is 9.77. The number of nitrogens with zero attached hydrogens (tertiary/aromatic N) is 2. The molecule has 0 spiro atoms. The van der Waals surface area contributed by atoms with Crippen LogP contribution in [0.4, 0.5) is 0 Å². The third-order valence-corrected chi connectivity index (χ3v) is 4.59.